The van der Waals surface area contributed by atoms with E-state index >= 15 is 0 Å². The van der Waals surface area contributed by atoms with Gasteiger partial charge in [-0.2, -0.15) is 0 Å². The molecule has 8 heteroatoms. The first-order chi connectivity index (χ1) is 13.8. The highest BCUT2D eigenvalue weighted by molar-refractivity contribution is 7.92. The molecule has 0 aliphatic heterocycles. The topological polar surface area (TPSA) is 104 Å². The van der Waals surface area contributed by atoms with E-state index in [0.717, 1.165) is 35.9 Å². The fourth-order valence-corrected chi connectivity index (χ4v) is 3.16. The molecule has 2 aromatic rings. The second-order valence-corrected chi connectivity index (χ2v) is 8.76. The lowest BCUT2D eigenvalue weighted by Gasteiger charge is -2.06. The summed E-state index contributed by atoms with van der Waals surface area (Å²) in [4.78, 5) is 23.7. The molecule has 0 radical (unpaired) electrons. The van der Waals surface area contributed by atoms with Gasteiger partial charge < -0.3 is 10.6 Å². The molecule has 0 spiro atoms. The van der Waals surface area contributed by atoms with E-state index in [1.807, 2.05) is 24.3 Å². The third-order valence-electron chi connectivity index (χ3n) is 4.28. The maximum atomic E-state index is 12.0. The zero-order valence-corrected chi connectivity index (χ0v) is 16.8. The molecule has 1 aliphatic rings. The highest BCUT2D eigenvalue weighted by Crippen LogP contribution is 2.30. The molecule has 2 amide bonds. The summed E-state index contributed by atoms with van der Waals surface area (Å²) < 4.78 is 24.8. The number of carbonyl (C=O) groups is 2. The Bertz CT molecular complexity index is 1010. The van der Waals surface area contributed by atoms with Crippen LogP contribution in [0.15, 0.2) is 54.6 Å². The minimum Gasteiger partial charge on any atom is -0.348 e. The van der Waals surface area contributed by atoms with Crippen LogP contribution < -0.4 is 15.4 Å². The summed E-state index contributed by atoms with van der Waals surface area (Å²) in [6, 6.07) is 14.1. The molecule has 0 atom stereocenters. The average molecular weight is 413 g/mol. The molecular formula is C21H23N3O4S. The molecule has 152 valence electrons. The van der Waals surface area contributed by atoms with Crippen LogP contribution in [-0.2, 0) is 26.2 Å². The standard InChI is InChI=1S/C21H23N3O4S/c1-29(27,28)24-19-11-2-15(3-12-19)6-13-20(25)22-14-16-4-9-18(10-5-16)23-21(26)17-7-8-17/h2-6,9-13,17,24H,7-8,14H2,1H3,(H,22,25)(H,23,26)/b13-6+. The summed E-state index contributed by atoms with van der Waals surface area (Å²) in [5.74, 6) is -0.0151. The van der Waals surface area contributed by atoms with E-state index in [1.165, 1.54) is 6.08 Å². The quantitative estimate of drug-likeness (QED) is 0.579. The summed E-state index contributed by atoms with van der Waals surface area (Å²) in [7, 11) is -3.31. The lowest BCUT2D eigenvalue weighted by atomic mass is 10.2. The maximum absolute atomic E-state index is 12.0. The van der Waals surface area contributed by atoms with E-state index in [4.69, 9.17) is 0 Å². The summed E-state index contributed by atoms with van der Waals surface area (Å²) in [6.45, 7) is 0.372. The minimum atomic E-state index is -3.31. The maximum Gasteiger partial charge on any atom is 0.244 e. The van der Waals surface area contributed by atoms with Gasteiger partial charge in [0, 0.05) is 29.9 Å². The molecule has 1 saturated carbocycles. The SMILES string of the molecule is CS(=O)(=O)Nc1ccc(/C=C/C(=O)NCc2ccc(NC(=O)C3CC3)cc2)cc1. The summed E-state index contributed by atoms with van der Waals surface area (Å²) in [5.41, 5.74) is 2.92. The summed E-state index contributed by atoms with van der Waals surface area (Å²) >= 11 is 0. The number of nitrogens with one attached hydrogen (secondary N) is 3. The first-order valence-corrected chi connectivity index (χ1v) is 11.1. The third-order valence-corrected chi connectivity index (χ3v) is 4.88. The number of rotatable bonds is 8. The molecule has 3 N–H and O–H groups in total. The Morgan fingerprint density at radius 3 is 2.21 bits per heavy atom. The molecule has 29 heavy (non-hydrogen) atoms. The predicted molar refractivity (Wildman–Crippen MR) is 114 cm³/mol. The number of carbonyl (C=O) groups excluding carboxylic acids is 2. The first kappa shape index (κ1) is 20.6. The zero-order valence-electron chi connectivity index (χ0n) is 16.0. The van der Waals surface area contributed by atoms with Crippen molar-refractivity contribution in [1.29, 1.82) is 0 Å². The Labute approximate surface area is 170 Å². The van der Waals surface area contributed by atoms with Gasteiger partial charge in [0.2, 0.25) is 21.8 Å². The van der Waals surface area contributed by atoms with Gasteiger partial charge in [0.05, 0.1) is 6.26 Å². The van der Waals surface area contributed by atoms with E-state index < -0.39 is 10.0 Å². The Kier molecular flexibility index (Phi) is 6.33. The van der Waals surface area contributed by atoms with Crippen molar-refractivity contribution in [2.45, 2.75) is 19.4 Å². The van der Waals surface area contributed by atoms with Crippen molar-refractivity contribution >= 4 is 39.3 Å². The Balaban J connectivity index is 1.46. The van der Waals surface area contributed by atoms with Crippen LogP contribution >= 0.6 is 0 Å². The number of sulfonamides is 1. The molecule has 3 rings (SSSR count). The highest BCUT2D eigenvalue weighted by atomic mass is 32.2. The number of hydrogen-bond donors (Lipinski definition) is 3. The van der Waals surface area contributed by atoms with Crippen molar-refractivity contribution < 1.29 is 18.0 Å². The Morgan fingerprint density at radius 1 is 1.00 bits per heavy atom. The van der Waals surface area contributed by atoms with Gasteiger partial charge in [-0.1, -0.05) is 24.3 Å². The molecule has 0 saturated heterocycles. The van der Waals surface area contributed by atoms with Crippen molar-refractivity contribution in [3.8, 4) is 0 Å². The number of anilines is 2. The van der Waals surface area contributed by atoms with E-state index in [9.17, 15) is 18.0 Å². The molecular weight excluding hydrogens is 390 g/mol. The van der Waals surface area contributed by atoms with Crippen LogP contribution in [0.25, 0.3) is 6.08 Å². The third kappa shape index (κ3) is 7.08. The van der Waals surface area contributed by atoms with Gasteiger partial charge >= 0.3 is 0 Å². The van der Waals surface area contributed by atoms with Crippen molar-refractivity contribution in [1.82, 2.24) is 5.32 Å². The lowest BCUT2D eigenvalue weighted by Crippen LogP contribution is -2.20. The second-order valence-electron chi connectivity index (χ2n) is 7.01. The van der Waals surface area contributed by atoms with Crippen molar-refractivity contribution in [3.05, 3.63) is 65.7 Å². The molecule has 1 fully saturated rings. The van der Waals surface area contributed by atoms with Crippen LogP contribution in [-0.4, -0.2) is 26.5 Å². The van der Waals surface area contributed by atoms with Crippen molar-refractivity contribution in [2.24, 2.45) is 5.92 Å². The van der Waals surface area contributed by atoms with E-state index in [-0.39, 0.29) is 17.7 Å². The van der Waals surface area contributed by atoms with Crippen molar-refractivity contribution in [3.63, 3.8) is 0 Å². The first-order valence-electron chi connectivity index (χ1n) is 9.22. The van der Waals surface area contributed by atoms with Crippen LogP contribution in [0.3, 0.4) is 0 Å². The number of amides is 2. The summed E-state index contributed by atoms with van der Waals surface area (Å²) in [5, 5.41) is 5.67. The molecule has 0 bridgehead atoms. The van der Waals surface area contributed by atoms with Crippen molar-refractivity contribution in [2.75, 3.05) is 16.3 Å². The number of benzene rings is 2. The van der Waals surface area contributed by atoms with Crippen LogP contribution in [0.2, 0.25) is 0 Å². The van der Waals surface area contributed by atoms with Crippen LogP contribution in [0.5, 0.6) is 0 Å². The molecule has 0 heterocycles. The fourth-order valence-electron chi connectivity index (χ4n) is 2.59. The van der Waals surface area contributed by atoms with Gasteiger partial charge in [0.1, 0.15) is 0 Å². The second kappa shape index (κ2) is 8.91. The molecule has 7 nitrogen and oxygen atoms in total. The number of hydrogen-bond acceptors (Lipinski definition) is 4. The van der Waals surface area contributed by atoms with Gasteiger partial charge in [0.15, 0.2) is 0 Å². The largest absolute Gasteiger partial charge is 0.348 e. The minimum absolute atomic E-state index is 0.0660. The fraction of sp³-hybridized carbons (Fsp3) is 0.238. The molecule has 1 aliphatic carbocycles. The Morgan fingerprint density at radius 2 is 1.62 bits per heavy atom. The average Bonchev–Trinajstić information content (AvgIpc) is 3.51. The predicted octanol–water partition coefficient (Wildman–Crippen LogP) is 2.74. The molecule has 2 aromatic carbocycles. The van der Waals surface area contributed by atoms with E-state index in [1.54, 1.807) is 30.3 Å². The van der Waals surface area contributed by atoms with Gasteiger partial charge in [-0.25, -0.2) is 8.42 Å². The smallest absolute Gasteiger partial charge is 0.244 e. The van der Waals surface area contributed by atoms with Gasteiger partial charge in [0.25, 0.3) is 0 Å². The monoisotopic (exact) mass is 413 g/mol. The lowest BCUT2D eigenvalue weighted by molar-refractivity contribution is -0.117. The molecule has 0 unspecified atom stereocenters. The van der Waals surface area contributed by atoms with Gasteiger partial charge in [-0.3, -0.25) is 14.3 Å². The Hall–Kier alpha value is -3.13. The van der Waals surface area contributed by atoms with E-state index in [2.05, 4.69) is 15.4 Å². The normalized spacial score (nSPS) is 13.8. The van der Waals surface area contributed by atoms with E-state index in [0.29, 0.717) is 12.2 Å². The molecule has 0 aromatic heterocycles. The van der Waals surface area contributed by atoms with Crippen LogP contribution in [0.4, 0.5) is 11.4 Å². The van der Waals surface area contributed by atoms with Gasteiger partial charge in [-0.05, 0) is 54.3 Å². The van der Waals surface area contributed by atoms with Crippen LogP contribution in [0.1, 0.15) is 24.0 Å². The zero-order chi connectivity index (χ0) is 20.9. The van der Waals surface area contributed by atoms with Crippen LogP contribution in [0, 0.1) is 5.92 Å². The summed E-state index contributed by atoms with van der Waals surface area (Å²) in [6.07, 6.45) is 6.08. The highest BCUT2D eigenvalue weighted by Gasteiger charge is 2.29. The van der Waals surface area contributed by atoms with Gasteiger partial charge in [-0.15, -0.1) is 0 Å².